The van der Waals surface area contributed by atoms with Gasteiger partial charge in [-0.3, -0.25) is 9.59 Å². The van der Waals surface area contributed by atoms with Crippen LogP contribution in [-0.4, -0.2) is 43.0 Å². The van der Waals surface area contributed by atoms with Crippen molar-refractivity contribution in [1.82, 2.24) is 10.6 Å². The summed E-state index contributed by atoms with van der Waals surface area (Å²) in [6.45, 7) is 6.31. The number of ether oxygens (including phenoxy) is 1. The van der Waals surface area contributed by atoms with E-state index in [4.69, 9.17) is 4.74 Å². The molecule has 0 spiro atoms. The summed E-state index contributed by atoms with van der Waals surface area (Å²) in [5.74, 6) is 0.132. The fraction of sp³-hybridized carbons (Fsp3) is 0.579. The third kappa shape index (κ3) is 4.89. The largest absolute Gasteiger partial charge is 0.361 e. The molecule has 0 aromatic heterocycles. The van der Waals surface area contributed by atoms with Crippen LogP contribution in [0.4, 0.5) is 0 Å². The zero-order chi connectivity index (χ0) is 17.7. The van der Waals surface area contributed by atoms with Crippen LogP contribution >= 0.6 is 0 Å². The summed E-state index contributed by atoms with van der Waals surface area (Å²) in [7, 11) is 1.76. The molecule has 24 heavy (non-hydrogen) atoms. The summed E-state index contributed by atoms with van der Waals surface area (Å²) in [5.41, 5.74) is 0.359. The molecule has 1 saturated heterocycles. The van der Waals surface area contributed by atoms with Crippen LogP contribution in [0.15, 0.2) is 30.3 Å². The van der Waals surface area contributed by atoms with Crippen LogP contribution < -0.4 is 10.6 Å². The molecule has 1 heterocycles. The Morgan fingerprint density at radius 3 is 2.33 bits per heavy atom. The van der Waals surface area contributed by atoms with E-state index in [0.717, 1.165) is 5.56 Å². The van der Waals surface area contributed by atoms with Gasteiger partial charge in [0.15, 0.2) is 5.78 Å². The van der Waals surface area contributed by atoms with Gasteiger partial charge in [-0.25, -0.2) is 0 Å². The van der Waals surface area contributed by atoms with Gasteiger partial charge in [0, 0.05) is 0 Å². The molecule has 0 unspecified atom stereocenters. The number of carbonyl (C=O) groups excluding carboxylic acids is 2. The van der Waals surface area contributed by atoms with Crippen molar-refractivity contribution in [3.63, 3.8) is 0 Å². The van der Waals surface area contributed by atoms with E-state index in [1.807, 2.05) is 44.2 Å². The van der Waals surface area contributed by atoms with Crippen LogP contribution in [0.2, 0.25) is 0 Å². The predicted octanol–water partition coefficient (Wildman–Crippen LogP) is 1.71. The molecule has 3 atom stereocenters. The Balaban J connectivity index is 2.03. The van der Waals surface area contributed by atoms with Gasteiger partial charge >= 0.3 is 0 Å². The number of Topliss-reactive ketones (excluding diaryl/α,β-unsaturated/α-hetero) is 1. The number of epoxide rings is 1. The lowest BCUT2D eigenvalue weighted by atomic mass is 9.93. The van der Waals surface area contributed by atoms with E-state index in [1.54, 1.807) is 14.0 Å². The maximum Gasteiger partial charge on any atom is 0.238 e. The van der Waals surface area contributed by atoms with Crippen molar-refractivity contribution in [2.45, 2.75) is 51.3 Å². The average molecular weight is 332 g/mol. The maximum absolute atomic E-state index is 12.7. The summed E-state index contributed by atoms with van der Waals surface area (Å²) in [5, 5.41) is 5.98. The molecule has 1 aromatic carbocycles. The molecular formula is C19H28N2O3. The van der Waals surface area contributed by atoms with Crippen molar-refractivity contribution in [3.05, 3.63) is 35.9 Å². The molecule has 0 aliphatic carbocycles. The second-order valence-electron chi connectivity index (χ2n) is 7.11. The number of likely N-dealkylation sites (N-methyl/N-ethyl adjacent to an activating group) is 1. The van der Waals surface area contributed by atoms with Gasteiger partial charge in [0.05, 0.1) is 18.7 Å². The molecule has 1 aliphatic heterocycles. The van der Waals surface area contributed by atoms with Crippen molar-refractivity contribution >= 4 is 11.7 Å². The minimum absolute atomic E-state index is 0.0286. The monoisotopic (exact) mass is 332 g/mol. The Kier molecular flexibility index (Phi) is 6.13. The molecule has 0 saturated carbocycles. The minimum Gasteiger partial charge on any atom is -0.361 e. The van der Waals surface area contributed by atoms with Gasteiger partial charge in [0.25, 0.3) is 0 Å². The molecule has 5 heteroatoms. The molecule has 0 radical (unpaired) electrons. The van der Waals surface area contributed by atoms with Crippen molar-refractivity contribution in [2.24, 2.45) is 5.92 Å². The summed E-state index contributed by atoms with van der Waals surface area (Å²) in [4.78, 5) is 25.3. The third-order valence-corrected chi connectivity index (χ3v) is 4.39. The Bertz CT molecular complexity index is 567. The Morgan fingerprint density at radius 1 is 1.21 bits per heavy atom. The number of amides is 1. The SMILES string of the molecule is CN[C@@H](Cc1ccccc1)C(=O)N[C@@H](CC(C)C)C(=O)[C@@]1(C)CO1. The van der Waals surface area contributed by atoms with Crippen LogP contribution in [0, 0.1) is 5.92 Å². The summed E-state index contributed by atoms with van der Waals surface area (Å²) in [6, 6.07) is 8.97. The predicted molar refractivity (Wildman–Crippen MR) is 93.7 cm³/mol. The highest BCUT2D eigenvalue weighted by molar-refractivity contribution is 5.97. The zero-order valence-corrected chi connectivity index (χ0v) is 15.0. The number of ketones is 1. The summed E-state index contributed by atoms with van der Waals surface area (Å²) >= 11 is 0. The van der Waals surface area contributed by atoms with Gasteiger partial charge in [-0.2, -0.15) is 0 Å². The quantitative estimate of drug-likeness (QED) is 0.675. The first-order valence-electron chi connectivity index (χ1n) is 8.55. The van der Waals surface area contributed by atoms with Gasteiger partial charge in [-0.1, -0.05) is 44.2 Å². The van der Waals surface area contributed by atoms with Crippen LogP contribution in [0.1, 0.15) is 32.8 Å². The van der Waals surface area contributed by atoms with E-state index in [0.29, 0.717) is 25.4 Å². The highest BCUT2D eigenvalue weighted by atomic mass is 16.6. The molecular weight excluding hydrogens is 304 g/mol. The molecule has 1 fully saturated rings. The topological polar surface area (TPSA) is 70.7 Å². The third-order valence-electron chi connectivity index (χ3n) is 4.39. The highest BCUT2D eigenvalue weighted by Crippen LogP contribution is 2.29. The summed E-state index contributed by atoms with van der Waals surface area (Å²) < 4.78 is 5.27. The van der Waals surface area contributed by atoms with E-state index in [2.05, 4.69) is 10.6 Å². The fourth-order valence-electron chi connectivity index (χ4n) is 2.77. The molecule has 2 N–H and O–H groups in total. The first-order valence-corrected chi connectivity index (χ1v) is 8.55. The first kappa shape index (κ1) is 18.6. The van der Waals surface area contributed by atoms with Crippen LogP contribution in [0.3, 0.4) is 0 Å². The molecule has 5 nitrogen and oxygen atoms in total. The van der Waals surface area contributed by atoms with Gasteiger partial charge in [0.2, 0.25) is 5.91 Å². The average Bonchev–Trinajstić information content (AvgIpc) is 3.30. The molecule has 0 bridgehead atoms. The standard InChI is InChI=1S/C19H28N2O3/c1-13(2)10-15(17(22)19(3)12-24-19)21-18(23)16(20-4)11-14-8-6-5-7-9-14/h5-9,13,15-16,20H,10-12H2,1-4H3,(H,21,23)/t15-,16-,19+/m0/s1. The Morgan fingerprint density at radius 2 is 1.83 bits per heavy atom. The first-order chi connectivity index (χ1) is 11.4. The van der Waals surface area contributed by atoms with Gasteiger partial charge < -0.3 is 15.4 Å². The van der Waals surface area contributed by atoms with Crippen molar-refractivity contribution < 1.29 is 14.3 Å². The Labute approximate surface area is 144 Å². The number of nitrogens with one attached hydrogen (secondary N) is 2. The number of carbonyl (C=O) groups is 2. The molecule has 1 amide bonds. The van der Waals surface area contributed by atoms with Crippen LogP contribution in [0.5, 0.6) is 0 Å². The lowest BCUT2D eigenvalue weighted by molar-refractivity contribution is -0.131. The molecule has 1 aromatic rings. The lowest BCUT2D eigenvalue weighted by Crippen LogP contribution is -2.52. The zero-order valence-electron chi connectivity index (χ0n) is 15.0. The van der Waals surface area contributed by atoms with Crippen molar-refractivity contribution in [2.75, 3.05) is 13.7 Å². The second kappa shape index (κ2) is 7.90. The summed E-state index contributed by atoms with van der Waals surface area (Å²) in [6.07, 6.45) is 1.20. The van der Waals surface area contributed by atoms with E-state index in [1.165, 1.54) is 0 Å². The van der Waals surface area contributed by atoms with E-state index in [9.17, 15) is 9.59 Å². The molecule has 132 valence electrons. The minimum atomic E-state index is -0.721. The van der Waals surface area contributed by atoms with Crippen LogP contribution in [0.25, 0.3) is 0 Å². The van der Waals surface area contributed by atoms with Crippen molar-refractivity contribution in [1.29, 1.82) is 0 Å². The van der Waals surface area contributed by atoms with E-state index in [-0.39, 0.29) is 17.7 Å². The van der Waals surface area contributed by atoms with E-state index >= 15 is 0 Å². The fourth-order valence-corrected chi connectivity index (χ4v) is 2.77. The molecule has 2 rings (SSSR count). The van der Waals surface area contributed by atoms with Gasteiger partial charge in [-0.05, 0) is 38.3 Å². The van der Waals surface area contributed by atoms with E-state index < -0.39 is 11.6 Å². The second-order valence-corrected chi connectivity index (χ2v) is 7.11. The van der Waals surface area contributed by atoms with Crippen molar-refractivity contribution in [3.8, 4) is 0 Å². The van der Waals surface area contributed by atoms with Gasteiger partial charge in [-0.15, -0.1) is 0 Å². The highest BCUT2D eigenvalue weighted by Gasteiger charge is 2.50. The van der Waals surface area contributed by atoms with Crippen LogP contribution in [-0.2, 0) is 20.7 Å². The van der Waals surface area contributed by atoms with Gasteiger partial charge in [0.1, 0.15) is 5.60 Å². The number of hydrogen-bond acceptors (Lipinski definition) is 4. The lowest BCUT2D eigenvalue weighted by Gasteiger charge is -2.24. The Hall–Kier alpha value is -1.72. The number of rotatable bonds is 9. The number of hydrogen-bond donors (Lipinski definition) is 2. The maximum atomic E-state index is 12.7. The smallest absolute Gasteiger partial charge is 0.238 e. The number of benzene rings is 1. The normalized spacial score (nSPS) is 22.0. The molecule has 1 aliphatic rings.